The Bertz CT molecular complexity index is 405. The zero-order valence-electron chi connectivity index (χ0n) is 11.4. The number of rotatable bonds is 6. The molecule has 18 heavy (non-hydrogen) atoms. The van der Waals surface area contributed by atoms with Gasteiger partial charge in [0, 0.05) is 32.1 Å². The van der Waals surface area contributed by atoms with Gasteiger partial charge in [-0.15, -0.1) is 0 Å². The summed E-state index contributed by atoms with van der Waals surface area (Å²) in [7, 11) is 1.59. The van der Waals surface area contributed by atoms with Crippen LogP contribution in [0.4, 0.5) is 5.69 Å². The fourth-order valence-electron chi connectivity index (χ4n) is 1.55. The van der Waals surface area contributed by atoms with E-state index in [2.05, 4.69) is 15.6 Å². The molecule has 1 heterocycles. The van der Waals surface area contributed by atoms with Gasteiger partial charge < -0.3 is 15.4 Å². The van der Waals surface area contributed by atoms with Gasteiger partial charge in [0.1, 0.15) is 5.69 Å². The molecule has 5 heteroatoms. The Balaban J connectivity index is 2.65. The summed E-state index contributed by atoms with van der Waals surface area (Å²) in [5.41, 5.74) is 1.01. The van der Waals surface area contributed by atoms with Crippen LogP contribution in [-0.4, -0.2) is 36.7 Å². The lowest BCUT2D eigenvalue weighted by Crippen LogP contribution is -2.33. The molecule has 2 N–H and O–H groups in total. The molecule has 5 nitrogen and oxygen atoms in total. The number of aromatic nitrogens is 1. The minimum absolute atomic E-state index is 0.192. The van der Waals surface area contributed by atoms with Crippen molar-refractivity contribution in [3.8, 4) is 0 Å². The number of amides is 1. The molecule has 0 aliphatic rings. The fraction of sp³-hybridized carbons (Fsp3) is 0.538. The number of nitrogens with zero attached hydrogens (tertiary/aromatic N) is 1. The molecule has 0 aliphatic heterocycles. The molecule has 0 bridgehead atoms. The summed E-state index contributed by atoms with van der Waals surface area (Å²) in [5, 5.41) is 5.79. The summed E-state index contributed by atoms with van der Waals surface area (Å²) in [5.74, 6) is -0.192. The van der Waals surface area contributed by atoms with Crippen molar-refractivity contribution in [1.82, 2.24) is 10.3 Å². The first kappa shape index (κ1) is 14.4. The Hall–Kier alpha value is -1.62. The van der Waals surface area contributed by atoms with E-state index in [9.17, 15) is 4.79 Å². The van der Waals surface area contributed by atoms with Crippen molar-refractivity contribution in [2.75, 3.05) is 25.5 Å². The Morgan fingerprint density at radius 1 is 1.50 bits per heavy atom. The van der Waals surface area contributed by atoms with Gasteiger partial charge in [-0.3, -0.25) is 9.78 Å². The maximum absolute atomic E-state index is 11.4. The highest BCUT2D eigenvalue weighted by Crippen LogP contribution is 2.13. The second kappa shape index (κ2) is 6.35. The van der Waals surface area contributed by atoms with E-state index in [1.807, 2.05) is 26.8 Å². The molecule has 0 unspecified atom stereocenters. The number of ether oxygens (including phenoxy) is 1. The first-order chi connectivity index (χ1) is 8.48. The minimum atomic E-state index is -0.245. The maximum Gasteiger partial charge on any atom is 0.269 e. The molecule has 1 aromatic rings. The van der Waals surface area contributed by atoms with Crippen LogP contribution in [0.2, 0.25) is 0 Å². The summed E-state index contributed by atoms with van der Waals surface area (Å²) in [6.45, 7) is 7.35. The molecular formula is C13H21N3O2. The highest BCUT2D eigenvalue weighted by atomic mass is 16.5. The third kappa shape index (κ3) is 4.33. The van der Waals surface area contributed by atoms with Crippen LogP contribution in [0.5, 0.6) is 0 Å². The Kier molecular flexibility index (Phi) is 5.09. The van der Waals surface area contributed by atoms with Gasteiger partial charge in [-0.05, 0) is 32.9 Å². The normalized spacial score (nSPS) is 11.1. The Morgan fingerprint density at radius 2 is 2.22 bits per heavy atom. The van der Waals surface area contributed by atoms with Gasteiger partial charge in [0.25, 0.3) is 5.91 Å². The molecule has 0 saturated heterocycles. The van der Waals surface area contributed by atoms with Crippen molar-refractivity contribution >= 4 is 11.6 Å². The van der Waals surface area contributed by atoms with Gasteiger partial charge in [-0.2, -0.15) is 0 Å². The van der Waals surface area contributed by atoms with Crippen LogP contribution in [0.15, 0.2) is 18.3 Å². The van der Waals surface area contributed by atoms with Gasteiger partial charge in [0.05, 0.1) is 5.60 Å². The van der Waals surface area contributed by atoms with E-state index in [4.69, 9.17) is 4.74 Å². The maximum atomic E-state index is 11.4. The van der Waals surface area contributed by atoms with Crippen LogP contribution in [0.1, 0.15) is 31.3 Å². The number of hydrogen-bond acceptors (Lipinski definition) is 4. The zero-order chi connectivity index (χ0) is 13.6. The Morgan fingerprint density at radius 3 is 2.83 bits per heavy atom. The lowest BCUT2D eigenvalue weighted by molar-refractivity contribution is 0.000696. The summed E-state index contributed by atoms with van der Waals surface area (Å²) in [4.78, 5) is 15.5. The van der Waals surface area contributed by atoms with Gasteiger partial charge in [-0.25, -0.2) is 0 Å². The third-order valence-corrected chi connectivity index (χ3v) is 2.47. The highest BCUT2D eigenvalue weighted by molar-refractivity contribution is 5.92. The van der Waals surface area contributed by atoms with Gasteiger partial charge >= 0.3 is 0 Å². The molecule has 0 aliphatic carbocycles. The summed E-state index contributed by atoms with van der Waals surface area (Å²) in [6, 6.07) is 3.55. The first-order valence-corrected chi connectivity index (χ1v) is 6.04. The minimum Gasteiger partial charge on any atom is -0.382 e. The molecular weight excluding hydrogens is 230 g/mol. The van der Waals surface area contributed by atoms with E-state index in [1.165, 1.54) is 0 Å². The van der Waals surface area contributed by atoms with Crippen LogP contribution in [-0.2, 0) is 4.74 Å². The SMILES string of the molecule is CCOC(C)(C)CNc1ccnc(C(=O)NC)c1. The molecule has 0 radical (unpaired) electrons. The number of pyridine rings is 1. The Labute approximate surface area is 108 Å². The van der Waals surface area contributed by atoms with Crippen LogP contribution >= 0.6 is 0 Å². The molecule has 0 spiro atoms. The highest BCUT2D eigenvalue weighted by Gasteiger charge is 2.17. The van der Waals surface area contributed by atoms with Crippen LogP contribution in [0.3, 0.4) is 0 Å². The van der Waals surface area contributed by atoms with E-state index in [0.29, 0.717) is 18.8 Å². The predicted octanol–water partition coefficient (Wildman–Crippen LogP) is 1.67. The zero-order valence-corrected chi connectivity index (χ0v) is 11.4. The van der Waals surface area contributed by atoms with E-state index >= 15 is 0 Å². The second-order valence-corrected chi connectivity index (χ2v) is 4.56. The molecule has 0 saturated carbocycles. The largest absolute Gasteiger partial charge is 0.382 e. The standard InChI is InChI=1S/C13H21N3O2/c1-5-18-13(2,3)9-16-10-6-7-15-11(8-10)12(17)14-4/h6-8H,5,9H2,1-4H3,(H,14,17)(H,15,16). The van der Waals surface area contributed by atoms with Gasteiger partial charge in [-0.1, -0.05) is 0 Å². The molecule has 0 fully saturated rings. The molecule has 1 rings (SSSR count). The molecule has 0 atom stereocenters. The van der Waals surface area contributed by atoms with E-state index in [0.717, 1.165) is 5.69 Å². The monoisotopic (exact) mass is 251 g/mol. The average Bonchev–Trinajstić information content (AvgIpc) is 2.36. The van der Waals surface area contributed by atoms with Crippen molar-refractivity contribution in [2.24, 2.45) is 0 Å². The van der Waals surface area contributed by atoms with Crippen molar-refractivity contribution in [1.29, 1.82) is 0 Å². The van der Waals surface area contributed by atoms with Crippen molar-refractivity contribution in [3.05, 3.63) is 24.0 Å². The third-order valence-electron chi connectivity index (χ3n) is 2.47. The lowest BCUT2D eigenvalue weighted by atomic mass is 10.1. The van der Waals surface area contributed by atoms with Crippen LogP contribution in [0.25, 0.3) is 0 Å². The summed E-state index contributed by atoms with van der Waals surface area (Å²) >= 11 is 0. The number of nitrogens with one attached hydrogen (secondary N) is 2. The number of hydrogen-bond donors (Lipinski definition) is 2. The quantitative estimate of drug-likeness (QED) is 0.807. The number of carbonyl (C=O) groups excluding carboxylic acids is 1. The van der Waals surface area contributed by atoms with E-state index < -0.39 is 0 Å². The van der Waals surface area contributed by atoms with Gasteiger partial charge in [0.15, 0.2) is 0 Å². The molecule has 0 aromatic carbocycles. The summed E-state index contributed by atoms with van der Waals surface area (Å²) < 4.78 is 5.59. The van der Waals surface area contributed by atoms with Crippen molar-refractivity contribution in [3.63, 3.8) is 0 Å². The summed E-state index contributed by atoms with van der Waals surface area (Å²) in [6.07, 6.45) is 1.61. The number of carbonyl (C=O) groups is 1. The van der Waals surface area contributed by atoms with E-state index in [-0.39, 0.29) is 11.5 Å². The predicted molar refractivity (Wildman–Crippen MR) is 71.8 cm³/mol. The van der Waals surface area contributed by atoms with Crippen LogP contribution < -0.4 is 10.6 Å². The molecule has 1 aromatic heterocycles. The lowest BCUT2D eigenvalue weighted by Gasteiger charge is -2.25. The topological polar surface area (TPSA) is 63.2 Å². The van der Waals surface area contributed by atoms with Crippen LogP contribution in [0, 0.1) is 0 Å². The smallest absolute Gasteiger partial charge is 0.269 e. The fourth-order valence-corrected chi connectivity index (χ4v) is 1.55. The molecule has 1 amide bonds. The number of anilines is 1. The first-order valence-electron chi connectivity index (χ1n) is 6.04. The van der Waals surface area contributed by atoms with Crippen molar-refractivity contribution in [2.45, 2.75) is 26.4 Å². The average molecular weight is 251 g/mol. The van der Waals surface area contributed by atoms with Gasteiger partial charge in [0.2, 0.25) is 0 Å². The van der Waals surface area contributed by atoms with Crippen molar-refractivity contribution < 1.29 is 9.53 Å². The second-order valence-electron chi connectivity index (χ2n) is 4.56. The van der Waals surface area contributed by atoms with E-state index in [1.54, 1.807) is 19.3 Å². The molecule has 100 valence electrons.